The minimum Gasteiger partial charge on any atom is -0.494 e. The molecule has 1 fully saturated rings. The van der Waals surface area contributed by atoms with Crippen LogP contribution in [0.2, 0.25) is 0 Å². The van der Waals surface area contributed by atoms with Gasteiger partial charge in [0.15, 0.2) is 5.11 Å². The summed E-state index contributed by atoms with van der Waals surface area (Å²) in [5.41, 5.74) is 1.14. The number of hydrogen-bond acceptors (Lipinski definition) is 6. The van der Waals surface area contributed by atoms with Crippen LogP contribution < -0.4 is 15.0 Å². The summed E-state index contributed by atoms with van der Waals surface area (Å²) < 4.78 is 11.2. The van der Waals surface area contributed by atoms with Crippen molar-refractivity contribution in [3.05, 3.63) is 82.2 Å². The molecule has 8 nitrogen and oxygen atoms in total. The van der Waals surface area contributed by atoms with Crippen LogP contribution >= 0.6 is 12.2 Å². The van der Waals surface area contributed by atoms with E-state index in [1.54, 1.807) is 54.6 Å². The van der Waals surface area contributed by atoms with Gasteiger partial charge in [-0.05, 0) is 61.6 Å². The number of thiocarbonyl (C=S) groups is 1. The smallest absolute Gasteiger partial charge is 0.281 e. The van der Waals surface area contributed by atoms with E-state index in [2.05, 4.69) is 5.32 Å². The highest BCUT2D eigenvalue weighted by molar-refractivity contribution is 7.80. The van der Waals surface area contributed by atoms with Gasteiger partial charge in [-0.1, -0.05) is 12.1 Å². The minimum atomic E-state index is -0.467. The summed E-state index contributed by atoms with van der Waals surface area (Å²) in [5.74, 6) is 1.05. The number of carbonyl (C=O) groups is 1. The minimum absolute atomic E-state index is 0.0611. The number of nitro groups is 1. The number of amides is 1. The molecule has 1 aromatic heterocycles. The van der Waals surface area contributed by atoms with Crippen molar-refractivity contribution in [3.8, 4) is 17.1 Å². The standard InChI is InChI=1S/C22H17N3O5S/c1-2-29-15-9-7-14(8-10-15)24-21(26)18(23-22(24)31)13-16-11-12-20(30-16)17-5-3-4-6-19(17)25(27)28/h3-13H,2H2,1H3,(H,23,31)/b18-13-. The molecule has 0 spiro atoms. The zero-order chi connectivity index (χ0) is 22.0. The van der Waals surface area contributed by atoms with Gasteiger partial charge in [0.25, 0.3) is 11.6 Å². The van der Waals surface area contributed by atoms with Crippen LogP contribution in [0.1, 0.15) is 12.7 Å². The Hall–Kier alpha value is -3.98. The van der Waals surface area contributed by atoms with Gasteiger partial charge in [-0.15, -0.1) is 0 Å². The molecule has 0 unspecified atom stereocenters. The first kappa shape index (κ1) is 20.3. The highest BCUT2D eigenvalue weighted by Gasteiger charge is 2.32. The summed E-state index contributed by atoms with van der Waals surface area (Å²) in [7, 11) is 0. The molecular weight excluding hydrogens is 418 g/mol. The molecule has 0 atom stereocenters. The summed E-state index contributed by atoms with van der Waals surface area (Å²) in [6, 6.07) is 16.6. The molecule has 0 aliphatic carbocycles. The number of benzene rings is 2. The van der Waals surface area contributed by atoms with Gasteiger partial charge in [0.2, 0.25) is 0 Å². The third-order valence-electron chi connectivity index (χ3n) is 4.56. The first-order chi connectivity index (χ1) is 15.0. The van der Waals surface area contributed by atoms with Crippen molar-refractivity contribution in [3.63, 3.8) is 0 Å². The second-order valence-corrected chi connectivity index (χ2v) is 6.92. The van der Waals surface area contributed by atoms with Crippen molar-refractivity contribution in [2.45, 2.75) is 6.92 Å². The Morgan fingerprint density at radius 1 is 1.16 bits per heavy atom. The van der Waals surface area contributed by atoms with Crippen molar-refractivity contribution in [1.29, 1.82) is 0 Å². The Labute approximate surface area is 182 Å². The number of nitro benzene ring substituents is 1. The summed E-state index contributed by atoms with van der Waals surface area (Å²) >= 11 is 5.32. The lowest BCUT2D eigenvalue weighted by molar-refractivity contribution is -0.384. The molecule has 2 heterocycles. The van der Waals surface area contributed by atoms with E-state index >= 15 is 0 Å². The van der Waals surface area contributed by atoms with E-state index in [4.69, 9.17) is 21.4 Å². The quantitative estimate of drug-likeness (QED) is 0.263. The van der Waals surface area contributed by atoms with E-state index in [1.165, 1.54) is 17.0 Å². The van der Waals surface area contributed by atoms with Crippen molar-refractivity contribution in [1.82, 2.24) is 5.32 Å². The molecule has 1 aliphatic heterocycles. The molecule has 9 heteroatoms. The number of nitrogens with one attached hydrogen (secondary N) is 1. The topological polar surface area (TPSA) is 97.8 Å². The number of hydrogen-bond donors (Lipinski definition) is 1. The highest BCUT2D eigenvalue weighted by Crippen LogP contribution is 2.32. The maximum Gasteiger partial charge on any atom is 0.281 e. The van der Waals surface area contributed by atoms with Crippen LogP contribution in [0.3, 0.4) is 0 Å². The number of para-hydroxylation sites is 1. The van der Waals surface area contributed by atoms with Crippen LogP contribution in [0.4, 0.5) is 11.4 Å². The van der Waals surface area contributed by atoms with Crippen LogP contribution in [0, 0.1) is 10.1 Å². The Kier molecular flexibility index (Phi) is 5.50. The first-order valence-electron chi connectivity index (χ1n) is 9.41. The van der Waals surface area contributed by atoms with Crippen LogP contribution in [0.5, 0.6) is 5.75 Å². The van der Waals surface area contributed by atoms with Crippen molar-refractivity contribution < 1.29 is 18.9 Å². The third kappa shape index (κ3) is 4.03. The zero-order valence-corrected chi connectivity index (χ0v) is 17.2. The van der Waals surface area contributed by atoms with E-state index in [1.807, 2.05) is 6.92 Å². The molecule has 1 amide bonds. The summed E-state index contributed by atoms with van der Waals surface area (Å²) in [6.07, 6.45) is 1.52. The maximum absolute atomic E-state index is 12.9. The van der Waals surface area contributed by atoms with Gasteiger partial charge in [0.05, 0.1) is 22.8 Å². The van der Waals surface area contributed by atoms with Crippen LogP contribution in [-0.2, 0) is 4.79 Å². The van der Waals surface area contributed by atoms with Crippen molar-refractivity contribution >= 4 is 40.7 Å². The Morgan fingerprint density at radius 2 is 1.90 bits per heavy atom. The molecule has 0 saturated carbocycles. The second-order valence-electron chi connectivity index (χ2n) is 6.53. The predicted molar refractivity (Wildman–Crippen MR) is 120 cm³/mol. The normalized spacial score (nSPS) is 14.7. The predicted octanol–water partition coefficient (Wildman–Crippen LogP) is 4.52. The van der Waals surface area contributed by atoms with Gasteiger partial charge in [-0.2, -0.15) is 0 Å². The van der Waals surface area contributed by atoms with E-state index < -0.39 is 4.92 Å². The molecule has 3 aromatic rings. The first-order valence-corrected chi connectivity index (χ1v) is 9.82. The number of nitrogens with zero attached hydrogens (tertiary/aromatic N) is 2. The number of anilines is 1. The fourth-order valence-electron chi connectivity index (χ4n) is 3.19. The van der Waals surface area contributed by atoms with Gasteiger partial charge >= 0.3 is 0 Å². The van der Waals surface area contributed by atoms with Gasteiger partial charge in [-0.3, -0.25) is 19.8 Å². The fourth-order valence-corrected chi connectivity index (χ4v) is 3.48. The largest absolute Gasteiger partial charge is 0.494 e. The number of rotatable bonds is 6. The van der Waals surface area contributed by atoms with Crippen molar-refractivity contribution in [2.24, 2.45) is 0 Å². The maximum atomic E-state index is 12.9. The molecular formula is C22H17N3O5S. The Bertz CT molecular complexity index is 1200. The van der Waals surface area contributed by atoms with Gasteiger partial charge in [0.1, 0.15) is 23.0 Å². The number of ether oxygens (including phenoxy) is 1. The Balaban J connectivity index is 1.59. The molecule has 1 saturated heterocycles. The molecule has 0 bridgehead atoms. The van der Waals surface area contributed by atoms with E-state index in [9.17, 15) is 14.9 Å². The highest BCUT2D eigenvalue weighted by atomic mass is 32.1. The van der Waals surface area contributed by atoms with Crippen LogP contribution in [-0.4, -0.2) is 22.5 Å². The SMILES string of the molecule is CCOc1ccc(N2C(=O)/C(=C/c3ccc(-c4ccccc4[N+](=O)[O-])o3)NC2=S)cc1. The van der Waals surface area contributed by atoms with Crippen LogP contribution in [0.25, 0.3) is 17.4 Å². The van der Waals surface area contributed by atoms with Crippen molar-refractivity contribution in [2.75, 3.05) is 11.5 Å². The molecule has 1 aliphatic rings. The molecule has 0 radical (unpaired) electrons. The van der Waals surface area contributed by atoms with Crippen LogP contribution in [0.15, 0.2) is 70.8 Å². The summed E-state index contributed by atoms with van der Waals surface area (Å²) in [4.78, 5) is 25.1. The number of furan rings is 1. The lowest BCUT2D eigenvalue weighted by Gasteiger charge is -2.14. The zero-order valence-electron chi connectivity index (χ0n) is 16.4. The van der Waals surface area contributed by atoms with Gasteiger partial charge in [-0.25, -0.2) is 0 Å². The summed E-state index contributed by atoms with van der Waals surface area (Å²) in [5, 5.41) is 14.4. The van der Waals surface area contributed by atoms with Gasteiger partial charge in [0, 0.05) is 12.1 Å². The Morgan fingerprint density at radius 3 is 2.61 bits per heavy atom. The molecule has 4 rings (SSSR count). The van der Waals surface area contributed by atoms with Gasteiger partial charge < -0.3 is 14.5 Å². The van der Waals surface area contributed by atoms with E-state index in [0.29, 0.717) is 35.1 Å². The lowest BCUT2D eigenvalue weighted by Crippen LogP contribution is -2.30. The molecule has 156 valence electrons. The molecule has 1 N–H and O–H groups in total. The molecule has 2 aromatic carbocycles. The van der Waals surface area contributed by atoms with E-state index in [0.717, 1.165) is 0 Å². The number of carbonyl (C=O) groups excluding carboxylic acids is 1. The third-order valence-corrected chi connectivity index (χ3v) is 4.85. The second kappa shape index (κ2) is 8.41. The monoisotopic (exact) mass is 435 g/mol. The average Bonchev–Trinajstić information content (AvgIpc) is 3.33. The lowest BCUT2D eigenvalue weighted by atomic mass is 10.1. The fraction of sp³-hybridized carbons (Fsp3) is 0.0909. The average molecular weight is 435 g/mol. The summed E-state index contributed by atoms with van der Waals surface area (Å²) in [6.45, 7) is 2.44. The molecule has 31 heavy (non-hydrogen) atoms. The van der Waals surface area contributed by atoms with E-state index in [-0.39, 0.29) is 22.4 Å².